The van der Waals surface area contributed by atoms with E-state index in [4.69, 9.17) is 5.73 Å². The second-order valence-corrected chi connectivity index (χ2v) is 4.40. The van der Waals surface area contributed by atoms with Crippen LogP contribution in [0.15, 0.2) is 0 Å². The Morgan fingerprint density at radius 3 is 2.41 bits per heavy atom. The SMILES string of the molecule is CCCCN(C)Cc1nc(N)nc(N(C)C)n1. The van der Waals surface area contributed by atoms with Crippen LogP contribution >= 0.6 is 0 Å². The van der Waals surface area contributed by atoms with Crippen LogP contribution in [-0.4, -0.2) is 47.5 Å². The molecule has 6 nitrogen and oxygen atoms in total. The number of unbranched alkanes of at least 4 members (excludes halogenated alkanes) is 1. The molecule has 0 atom stereocenters. The van der Waals surface area contributed by atoms with Gasteiger partial charge in [-0.05, 0) is 20.0 Å². The van der Waals surface area contributed by atoms with E-state index in [9.17, 15) is 0 Å². The minimum Gasteiger partial charge on any atom is -0.368 e. The molecule has 96 valence electrons. The number of anilines is 2. The summed E-state index contributed by atoms with van der Waals surface area (Å²) in [6.07, 6.45) is 2.37. The first-order valence-corrected chi connectivity index (χ1v) is 5.89. The van der Waals surface area contributed by atoms with Crippen LogP contribution in [0.5, 0.6) is 0 Å². The maximum Gasteiger partial charge on any atom is 0.229 e. The van der Waals surface area contributed by atoms with E-state index < -0.39 is 0 Å². The van der Waals surface area contributed by atoms with E-state index in [1.807, 2.05) is 19.0 Å². The van der Waals surface area contributed by atoms with Gasteiger partial charge in [0.1, 0.15) is 5.82 Å². The van der Waals surface area contributed by atoms with Crippen LogP contribution in [0.4, 0.5) is 11.9 Å². The Morgan fingerprint density at radius 1 is 1.12 bits per heavy atom. The molecule has 0 fully saturated rings. The Balaban J connectivity index is 2.70. The molecule has 1 aromatic heterocycles. The van der Waals surface area contributed by atoms with Crippen LogP contribution < -0.4 is 10.6 Å². The number of aromatic nitrogens is 3. The molecule has 0 spiro atoms. The monoisotopic (exact) mass is 238 g/mol. The zero-order valence-corrected chi connectivity index (χ0v) is 11.1. The van der Waals surface area contributed by atoms with E-state index in [2.05, 4.69) is 33.8 Å². The highest BCUT2D eigenvalue weighted by molar-refractivity contribution is 5.32. The van der Waals surface area contributed by atoms with Crippen LogP contribution in [-0.2, 0) is 6.54 Å². The van der Waals surface area contributed by atoms with Crippen molar-refractivity contribution in [2.75, 3.05) is 38.3 Å². The highest BCUT2D eigenvalue weighted by Crippen LogP contribution is 2.07. The van der Waals surface area contributed by atoms with Gasteiger partial charge in [0.05, 0.1) is 6.54 Å². The number of hydrogen-bond acceptors (Lipinski definition) is 6. The molecule has 0 saturated heterocycles. The Kier molecular flexibility index (Phi) is 5.09. The van der Waals surface area contributed by atoms with E-state index in [-0.39, 0.29) is 5.95 Å². The first-order valence-electron chi connectivity index (χ1n) is 5.89. The second kappa shape index (κ2) is 6.34. The predicted molar refractivity (Wildman–Crippen MR) is 69.8 cm³/mol. The molecular formula is C11H22N6. The third-order valence-corrected chi connectivity index (χ3v) is 2.39. The number of nitrogens with zero attached hydrogens (tertiary/aromatic N) is 5. The predicted octanol–water partition coefficient (Wildman–Crippen LogP) is 0.752. The van der Waals surface area contributed by atoms with Crippen molar-refractivity contribution in [2.24, 2.45) is 0 Å². The van der Waals surface area contributed by atoms with Gasteiger partial charge in [-0.1, -0.05) is 13.3 Å². The lowest BCUT2D eigenvalue weighted by molar-refractivity contribution is 0.312. The molecule has 6 heteroatoms. The lowest BCUT2D eigenvalue weighted by Crippen LogP contribution is -2.22. The molecule has 0 aliphatic heterocycles. The van der Waals surface area contributed by atoms with Crippen LogP contribution in [0.1, 0.15) is 25.6 Å². The molecule has 0 aliphatic rings. The first kappa shape index (κ1) is 13.6. The number of rotatable bonds is 6. The summed E-state index contributed by atoms with van der Waals surface area (Å²) in [7, 11) is 5.84. The van der Waals surface area contributed by atoms with Gasteiger partial charge in [0, 0.05) is 14.1 Å². The summed E-state index contributed by atoms with van der Waals surface area (Å²) in [5.41, 5.74) is 5.67. The molecule has 0 unspecified atom stereocenters. The number of nitrogens with two attached hydrogens (primary N) is 1. The Bertz CT molecular complexity index is 352. The van der Waals surface area contributed by atoms with Crippen molar-refractivity contribution < 1.29 is 0 Å². The molecule has 1 rings (SSSR count). The summed E-state index contributed by atoms with van der Waals surface area (Å²) in [5.74, 6) is 1.61. The van der Waals surface area contributed by atoms with Gasteiger partial charge in [0.2, 0.25) is 11.9 Å². The maximum absolute atomic E-state index is 5.67. The smallest absolute Gasteiger partial charge is 0.229 e. The summed E-state index contributed by atoms with van der Waals surface area (Å²) in [5, 5.41) is 0. The van der Waals surface area contributed by atoms with Crippen molar-refractivity contribution in [2.45, 2.75) is 26.3 Å². The molecule has 0 radical (unpaired) electrons. The van der Waals surface area contributed by atoms with Crippen LogP contribution in [0.2, 0.25) is 0 Å². The van der Waals surface area contributed by atoms with Gasteiger partial charge in [0.25, 0.3) is 0 Å². The Hall–Kier alpha value is -1.43. The van der Waals surface area contributed by atoms with Gasteiger partial charge in [0.15, 0.2) is 0 Å². The molecule has 0 aliphatic carbocycles. The largest absolute Gasteiger partial charge is 0.368 e. The molecule has 0 amide bonds. The molecule has 1 aromatic rings. The van der Waals surface area contributed by atoms with Gasteiger partial charge < -0.3 is 10.6 Å². The van der Waals surface area contributed by atoms with E-state index in [1.54, 1.807) is 0 Å². The van der Waals surface area contributed by atoms with Crippen molar-refractivity contribution in [3.63, 3.8) is 0 Å². The summed E-state index contributed by atoms with van der Waals surface area (Å²) in [6.45, 7) is 3.92. The third kappa shape index (κ3) is 4.52. The minimum atomic E-state index is 0.280. The summed E-state index contributed by atoms with van der Waals surface area (Å²) >= 11 is 0. The molecular weight excluding hydrogens is 216 g/mol. The lowest BCUT2D eigenvalue weighted by atomic mass is 10.3. The average molecular weight is 238 g/mol. The topological polar surface area (TPSA) is 71.2 Å². The lowest BCUT2D eigenvalue weighted by Gasteiger charge is -2.16. The average Bonchev–Trinajstić information content (AvgIpc) is 2.25. The standard InChI is InChI=1S/C11H22N6/c1-5-6-7-17(4)8-9-13-10(12)15-11(14-9)16(2)3/h5-8H2,1-4H3,(H2,12,13,14,15). The summed E-state index contributed by atoms with van der Waals surface area (Å²) in [4.78, 5) is 16.6. The van der Waals surface area contributed by atoms with Gasteiger partial charge in [-0.15, -0.1) is 0 Å². The highest BCUT2D eigenvalue weighted by Gasteiger charge is 2.08. The molecule has 17 heavy (non-hydrogen) atoms. The van der Waals surface area contributed by atoms with Crippen LogP contribution in [0, 0.1) is 0 Å². The number of nitrogen functional groups attached to an aromatic ring is 1. The van der Waals surface area contributed by atoms with Gasteiger partial charge >= 0.3 is 0 Å². The van der Waals surface area contributed by atoms with Crippen molar-refractivity contribution in [1.82, 2.24) is 19.9 Å². The van der Waals surface area contributed by atoms with Crippen LogP contribution in [0.3, 0.4) is 0 Å². The normalized spacial score (nSPS) is 10.9. The van der Waals surface area contributed by atoms with Gasteiger partial charge in [-0.2, -0.15) is 15.0 Å². The zero-order chi connectivity index (χ0) is 12.8. The van der Waals surface area contributed by atoms with Crippen molar-refractivity contribution >= 4 is 11.9 Å². The molecule has 0 bridgehead atoms. The molecule has 2 N–H and O–H groups in total. The van der Waals surface area contributed by atoms with Crippen molar-refractivity contribution in [1.29, 1.82) is 0 Å². The fourth-order valence-corrected chi connectivity index (χ4v) is 1.44. The Labute approximate surface area is 103 Å². The molecule has 0 saturated carbocycles. The van der Waals surface area contributed by atoms with E-state index in [0.29, 0.717) is 12.5 Å². The first-order chi connectivity index (χ1) is 8.02. The van der Waals surface area contributed by atoms with E-state index >= 15 is 0 Å². The van der Waals surface area contributed by atoms with Crippen molar-refractivity contribution in [3.8, 4) is 0 Å². The van der Waals surface area contributed by atoms with Crippen molar-refractivity contribution in [3.05, 3.63) is 5.82 Å². The van der Waals surface area contributed by atoms with Crippen LogP contribution in [0.25, 0.3) is 0 Å². The van der Waals surface area contributed by atoms with E-state index in [0.717, 1.165) is 12.4 Å². The quantitative estimate of drug-likeness (QED) is 0.788. The van der Waals surface area contributed by atoms with Gasteiger partial charge in [-0.25, -0.2) is 0 Å². The fourth-order valence-electron chi connectivity index (χ4n) is 1.44. The second-order valence-electron chi connectivity index (χ2n) is 4.40. The Morgan fingerprint density at radius 2 is 1.82 bits per heavy atom. The number of hydrogen-bond donors (Lipinski definition) is 1. The molecule has 1 heterocycles. The zero-order valence-electron chi connectivity index (χ0n) is 11.1. The summed E-state index contributed by atoms with van der Waals surface area (Å²) in [6, 6.07) is 0. The van der Waals surface area contributed by atoms with E-state index in [1.165, 1.54) is 12.8 Å². The molecule has 0 aromatic carbocycles. The third-order valence-electron chi connectivity index (χ3n) is 2.39. The summed E-state index contributed by atoms with van der Waals surface area (Å²) < 4.78 is 0. The maximum atomic E-state index is 5.67. The minimum absolute atomic E-state index is 0.280. The highest BCUT2D eigenvalue weighted by atomic mass is 15.3. The fraction of sp³-hybridized carbons (Fsp3) is 0.727. The van der Waals surface area contributed by atoms with Gasteiger partial charge in [-0.3, -0.25) is 4.90 Å².